The van der Waals surface area contributed by atoms with Gasteiger partial charge >= 0.3 is 0 Å². The van der Waals surface area contributed by atoms with Crippen LogP contribution in [0.5, 0.6) is 5.75 Å². The molecule has 1 saturated heterocycles. The summed E-state index contributed by atoms with van der Waals surface area (Å²) in [5, 5.41) is 0. The molecular formula is C26H26N4O4. The SMILES string of the molecule is COc1ccccc1C1C(C(=O)NNC(=O)c2ccccn2)CCC(=O)N1c1ccc(C)cc1. The average molecular weight is 459 g/mol. The highest BCUT2D eigenvalue weighted by Gasteiger charge is 2.42. The maximum Gasteiger partial charge on any atom is 0.288 e. The number of hydrogen-bond acceptors (Lipinski definition) is 5. The number of ether oxygens (including phenoxy) is 1. The third-order valence-corrected chi connectivity index (χ3v) is 5.90. The van der Waals surface area contributed by atoms with Crippen molar-refractivity contribution in [2.45, 2.75) is 25.8 Å². The number of aromatic nitrogens is 1. The molecule has 3 amide bonds. The van der Waals surface area contributed by atoms with Crippen molar-refractivity contribution >= 4 is 23.4 Å². The summed E-state index contributed by atoms with van der Waals surface area (Å²) >= 11 is 0. The smallest absolute Gasteiger partial charge is 0.288 e. The minimum Gasteiger partial charge on any atom is -0.496 e. The molecule has 3 aromatic rings. The van der Waals surface area contributed by atoms with E-state index in [0.717, 1.165) is 11.1 Å². The van der Waals surface area contributed by atoms with E-state index in [1.807, 2.05) is 49.4 Å². The number of methoxy groups -OCH3 is 1. The molecule has 0 spiro atoms. The van der Waals surface area contributed by atoms with Crippen LogP contribution in [-0.4, -0.2) is 29.8 Å². The van der Waals surface area contributed by atoms with Crippen molar-refractivity contribution in [1.29, 1.82) is 0 Å². The fourth-order valence-corrected chi connectivity index (χ4v) is 4.22. The number of hydrogen-bond donors (Lipinski definition) is 2. The standard InChI is InChI=1S/C26H26N4O4/c1-17-10-12-18(13-11-17)30-23(31)15-14-20(24(30)19-7-3-4-9-22(19)34-2)25(32)28-29-26(33)21-8-5-6-16-27-21/h3-13,16,20,24H,14-15H2,1-2H3,(H,28,32)(H,29,33). The highest BCUT2D eigenvalue weighted by molar-refractivity contribution is 5.98. The van der Waals surface area contributed by atoms with Gasteiger partial charge in [-0.05, 0) is 43.7 Å². The predicted molar refractivity (Wildman–Crippen MR) is 127 cm³/mol. The minimum atomic E-state index is -0.626. The second-order valence-electron chi connectivity index (χ2n) is 8.09. The van der Waals surface area contributed by atoms with Crippen LogP contribution in [0.15, 0.2) is 72.9 Å². The molecule has 2 atom stereocenters. The first kappa shape index (κ1) is 23.0. The first-order chi connectivity index (χ1) is 16.5. The molecule has 34 heavy (non-hydrogen) atoms. The van der Waals surface area contributed by atoms with Crippen molar-refractivity contribution in [2.24, 2.45) is 5.92 Å². The number of amides is 3. The van der Waals surface area contributed by atoms with Crippen LogP contribution in [0.4, 0.5) is 5.69 Å². The summed E-state index contributed by atoms with van der Waals surface area (Å²) in [4.78, 5) is 44.5. The highest BCUT2D eigenvalue weighted by atomic mass is 16.5. The lowest BCUT2D eigenvalue weighted by molar-refractivity contribution is -0.130. The fourth-order valence-electron chi connectivity index (χ4n) is 4.22. The maximum absolute atomic E-state index is 13.3. The van der Waals surface area contributed by atoms with Crippen LogP contribution < -0.4 is 20.5 Å². The largest absolute Gasteiger partial charge is 0.496 e. The Bertz CT molecular complexity index is 1180. The van der Waals surface area contributed by atoms with Crippen LogP contribution in [0.3, 0.4) is 0 Å². The molecule has 8 nitrogen and oxygen atoms in total. The first-order valence-corrected chi connectivity index (χ1v) is 11.0. The van der Waals surface area contributed by atoms with Gasteiger partial charge in [0.05, 0.1) is 19.1 Å². The van der Waals surface area contributed by atoms with E-state index in [-0.39, 0.29) is 18.0 Å². The monoisotopic (exact) mass is 458 g/mol. The van der Waals surface area contributed by atoms with Gasteiger partial charge in [0, 0.05) is 23.9 Å². The fraction of sp³-hybridized carbons (Fsp3) is 0.231. The third-order valence-electron chi connectivity index (χ3n) is 5.90. The molecule has 174 valence electrons. The van der Waals surface area contributed by atoms with Crippen molar-refractivity contribution in [3.05, 3.63) is 89.7 Å². The van der Waals surface area contributed by atoms with Crippen molar-refractivity contribution in [3.8, 4) is 5.75 Å². The summed E-state index contributed by atoms with van der Waals surface area (Å²) in [6.45, 7) is 1.97. The van der Waals surface area contributed by atoms with Crippen LogP contribution in [0.1, 0.15) is 40.5 Å². The number of nitrogens with one attached hydrogen (secondary N) is 2. The Morgan fingerprint density at radius 1 is 1.00 bits per heavy atom. The van der Waals surface area contributed by atoms with Gasteiger partial charge in [0.25, 0.3) is 5.91 Å². The molecule has 1 aliphatic heterocycles. The molecule has 2 aromatic carbocycles. The zero-order valence-corrected chi connectivity index (χ0v) is 19.0. The number of carbonyl (C=O) groups excluding carboxylic acids is 3. The molecule has 2 unspecified atom stereocenters. The van der Waals surface area contributed by atoms with E-state index in [2.05, 4.69) is 15.8 Å². The van der Waals surface area contributed by atoms with E-state index in [0.29, 0.717) is 17.9 Å². The van der Waals surface area contributed by atoms with E-state index < -0.39 is 23.8 Å². The normalized spacial score (nSPS) is 17.7. The molecule has 2 N–H and O–H groups in total. The molecule has 0 bridgehead atoms. The number of piperidine rings is 1. The molecular weight excluding hydrogens is 432 g/mol. The van der Waals surface area contributed by atoms with E-state index in [4.69, 9.17) is 4.74 Å². The molecule has 1 aromatic heterocycles. The maximum atomic E-state index is 13.3. The first-order valence-electron chi connectivity index (χ1n) is 11.0. The number of carbonyl (C=O) groups is 3. The summed E-state index contributed by atoms with van der Waals surface area (Å²) in [6, 6.07) is 19.3. The number of nitrogens with zero attached hydrogens (tertiary/aromatic N) is 2. The van der Waals surface area contributed by atoms with Gasteiger partial charge in [0.15, 0.2) is 0 Å². The Balaban J connectivity index is 1.67. The van der Waals surface area contributed by atoms with Crippen LogP contribution in [0, 0.1) is 12.8 Å². The number of aryl methyl sites for hydroxylation is 1. The second-order valence-corrected chi connectivity index (χ2v) is 8.09. The van der Waals surface area contributed by atoms with E-state index in [9.17, 15) is 14.4 Å². The van der Waals surface area contributed by atoms with Gasteiger partial charge in [-0.15, -0.1) is 0 Å². The topological polar surface area (TPSA) is 101 Å². The van der Waals surface area contributed by atoms with Gasteiger partial charge < -0.3 is 9.64 Å². The Hall–Kier alpha value is -4.20. The molecule has 4 rings (SSSR count). The van der Waals surface area contributed by atoms with E-state index in [1.54, 1.807) is 36.3 Å². The summed E-state index contributed by atoms with van der Waals surface area (Å²) in [5.41, 5.74) is 7.62. The summed E-state index contributed by atoms with van der Waals surface area (Å²) in [5.74, 6) is -1.05. The number of anilines is 1. The number of rotatable bonds is 5. The van der Waals surface area contributed by atoms with Gasteiger partial charge in [-0.2, -0.15) is 0 Å². The predicted octanol–water partition coefficient (Wildman–Crippen LogP) is 3.34. The lowest BCUT2D eigenvalue weighted by atomic mass is 9.83. The highest BCUT2D eigenvalue weighted by Crippen LogP contribution is 2.43. The molecule has 1 fully saturated rings. The summed E-state index contributed by atoms with van der Waals surface area (Å²) in [7, 11) is 1.56. The van der Waals surface area contributed by atoms with Crippen molar-refractivity contribution in [1.82, 2.24) is 15.8 Å². The van der Waals surface area contributed by atoms with Gasteiger partial charge in [-0.25, -0.2) is 0 Å². The Morgan fingerprint density at radius 3 is 2.44 bits per heavy atom. The van der Waals surface area contributed by atoms with E-state index in [1.165, 1.54) is 6.20 Å². The number of pyridine rings is 1. The lowest BCUT2D eigenvalue weighted by Gasteiger charge is -2.41. The average Bonchev–Trinajstić information content (AvgIpc) is 2.88. The number of benzene rings is 2. The van der Waals surface area contributed by atoms with Crippen LogP contribution in [0.25, 0.3) is 0 Å². The second kappa shape index (κ2) is 10.2. The lowest BCUT2D eigenvalue weighted by Crippen LogP contribution is -2.52. The van der Waals surface area contributed by atoms with Crippen LogP contribution >= 0.6 is 0 Å². The Labute approximate surface area is 197 Å². The Kier molecular flexibility index (Phi) is 6.87. The molecule has 8 heteroatoms. The van der Waals surface area contributed by atoms with Gasteiger partial charge in [-0.3, -0.25) is 30.2 Å². The molecule has 0 radical (unpaired) electrons. The van der Waals surface area contributed by atoms with Gasteiger partial charge in [0.1, 0.15) is 11.4 Å². The van der Waals surface area contributed by atoms with Crippen LogP contribution in [0.2, 0.25) is 0 Å². The number of hydrazine groups is 1. The summed E-state index contributed by atoms with van der Waals surface area (Å²) in [6.07, 6.45) is 2.03. The van der Waals surface area contributed by atoms with Gasteiger partial charge in [0.2, 0.25) is 11.8 Å². The minimum absolute atomic E-state index is 0.0821. The van der Waals surface area contributed by atoms with Gasteiger partial charge in [-0.1, -0.05) is 42.0 Å². The molecule has 0 saturated carbocycles. The zero-order chi connectivity index (χ0) is 24.1. The number of para-hydroxylation sites is 1. The Morgan fingerprint density at radius 2 is 1.74 bits per heavy atom. The van der Waals surface area contributed by atoms with Crippen molar-refractivity contribution < 1.29 is 19.1 Å². The molecule has 0 aliphatic carbocycles. The molecule has 2 heterocycles. The van der Waals surface area contributed by atoms with Crippen LogP contribution in [-0.2, 0) is 9.59 Å². The van der Waals surface area contributed by atoms with E-state index >= 15 is 0 Å². The quantitative estimate of drug-likeness (QED) is 0.571. The third kappa shape index (κ3) is 4.76. The molecule has 1 aliphatic rings. The zero-order valence-electron chi connectivity index (χ0n) is 19.0. The van der Waals surface area contributed by atoms with Crippen molar-refractivity contribution in [2.75, 3.05) is 12.0 Å². The van der Waals surface area contributed by atoms with Crippen molar-refractivity contribution in [3.63, 3.8) is 0 Å². The summed E-state index contributed by atoms with van der Waals surface area (Å²) < 4.78 is 5.57.